The van der Waals surface area contributed by atoms with E-state index in [1.54, 1.807) is 12.4 Å². The highest BCUT2D eigenvalue weighted by Crippen LogP contribution is 2.15. The highest BCUT2D eigenvalue weighted by molar-refractivity contribution is 7.87. The molecule has 0 bridgehead atoms. The SMILES string of the molecule is CN1CCN(S(=O)(=O)n2cc3c(n2)CN=C3)CC1. The molecule has 1 saturated heterocycles. The molecule has 0 spiro atoms. The van der Waals surface area contributed by atoms with E-state index in [2.05, 4.69) is 15.0 Å². The van der Waals surface area contributed by atoms with Crippen LogP contribution in [0.25, 0.3) is 0 Å². The van der Waals surface area contributed by atoms with Gasteiger partial charge in [-0.3, -0.25) is 4.99 Å². The number of hydrogen-bond acceptors (Lipinski definition) is 5. The Hall–Kier alpha value is -1.25. The van der Waals surface area contributed by atoms with E-state index < -0.39 is 10.2 Å². The molecule has 98 valence electrons. The van der Waals surface area contributed by atoms with Gasteiger partial charge in [0.1, 0.15) is 0 Å². The van der Waals surface area contributed by atoms with Crippen LogP contribution < -0.4 is 0 Å². The van der Waals surface area contributed by atoms with Gasteiger partial charge in [0.2, 0.25) is 0 Å². The van der Waals surface area contributed by atoms with Crippen molar-refractivity contribution in [3.05, 3.63) is 17.5 Å². The van der Waals surface area contributed by atoms with Crippen molar-refractivity contribution in [3.63, 3.8) is 0 Å². The Morgan fingerprint density at radius 2 is 1.94 bits per heavy atom. The van der Waals surface area contributed by atoms with Gasteiger partial charge in [0.15, 0.2) is 0 Å². The minimum absolute atomic E-state index is 0.473. The van der Waals surface area contributed by atoms with E-state index in [9.17, 15) is 8.42 Å². The number of piperazine rings is 1. The van der Waals surface area contributed by atoms with E-state index in [1.165, 1.54) is 4.31 Å². The summed E-state index contributed by atoms with van der Waals surface area (Å²) in [7, 11) is -1.52. The number of aromatic nitrogens is 2. The molecule has 18 heavy (non-hydrogen) atoms. The Labute approximate surface area is 106 Å². The van der Waals surface area contributed by atoms with E-state index >= 15 is 0 Å². The molecule has 0 radical (unpaired) electrons. The zero-order valence-electron chi connectivity index (χ0n) is 10.2. The smallest absolute Gasteiger partial charge is 0.304 e. The summed E-state index contributed by atoms with van der Waals surface area (Å²) in [5, 5.41) is 4.11. The fraction of sp³-hybridized carbons (Fsp3) is 0.600. The Bertz CT molecular complexity index is 583. The maximum absolute atomic E-state index is 12.4. The van der Waals surface area contributed by atoms with Gasteiger partial charge in [0.05, 0.1) is 18.4 Å². The fourth-order valence-corrected chi connectivity index (χ4v) is 3.43. The molecule has 0 saturated carbocycles. The molecule has 8 heteroatoms. The van der Waals surface area contributed by atoms with E-state index in [-0.39, 0.29) is 0 Å². The molecule has 0 aromatic carbocycles. The summed E-state index contributed by atoms with van der Waals surface area (Å²) in [5.74, 6) is 0. The monoisotopic (exact) mass is 269 g/mol. The van der Waals surface area contributed by atoms with E-state index in [4.69, 9.17) is 0 Å². The minimum Gasteiger partial charge on any atom is -0.304 e. The molecule has 2 aliphatic heterocycles. The highest BCUT2D eigenvalue weighted by atomic mass is 32.2. The first-order valence-electron chi connectivity index (χ1n) is 5.85. The molecule has 3 rings (SSSR count). The Morgan fingerprint density at radius 3 is 2.61 bits per heavy atom. The van der Waals surface area contributed by atoms with Crippen LogP contribution in [0.15, 0.2) is 11.2 Å². The van der Waals surface area contributed by atoms with Gasteiger partial charge >= 0.3 is 10.2 Å². The molecule has 7 nitrogen and oxygen atoms in total. The highest BCUT2D eigenvalue weighted by Gasteiger charge is 2.29. The first-order valence-corrected chi connectivity index (χ1v) is 7.24. The Balaban J connectivity index is 1.87. The van der Waals surface area contributed by atoms with Crippen LogP contribution in [0.3, 0.4) is 0 Å². The lowest BCUT2D eigenvalue weighted by Crippen LogP contribution is -2.48. The van der Waals surface area contributed by atoms with Gasteiger partial charge in [-0.05, 0) is 7.05 Å². The second kappa shape index (κ2) is 4.15. The summed E-state index contributed by atoms with van der Waals surface area (Å²) in [4.78, 5) is 6.15. The number of fused-ring (bicyclic) bond motifs is 1. The number of rotatable bonds is 2. The molecule has 1 fully saturated rings. The maximum atomic E-state index is 12.4. The summed E-state index contributed by atoms with van der Waals surface area (Å²) in [6, 6.07) is 0. The Morgan fingerprint density at radius 1 is 1.22 bits per heavy atom. The summed E-state index contributed by atoms with van der Waals surface area (Å²) < 4.78 is 27.3. The normalized spacial score (nSPS) is 21.4. The molecule has 0 atom stereocenters. The van der Waals surface area contributed by atoms with Crippen molar-refractivity contribution < 1.29 is 8.42 Å². The van der Waals surface area contributed by atoms with E-state index in [0.717, 1.165) is 28.4 Å². The molecule has 0 N–H and O–H groups in total. The number of likely N-dealkylation sites (N-methyl/N-ethyl adjacent to an activating group) is 1. The first kappa shape index (κ1) is 11.8. The van der Waals surface area contributed by atoms with E-state index in [0.29, 0.717) is 19.6 Å². The summed E-state index contributed by atoms with van der Waals surface area (Å²) in [5.41, 5.74) is 1.53. The fourth-order valence-electron chi connectivity index (χ4n) is 2.12. The lowest BCUT2D eigenvalue weighted by molar-refractivity contribution is 0.220. The predicted molar refractivity (Wildman–Crippen MR) is 66.9 cm³/mol. The second-order valence-corrected chi connectivity index (χ2v) is 6.37. The summed E-state index contributed by atoms with van der Waals surface area (Å²) in [6.07, 6.45) is 3.21. The summed E-state index contributed by atoms with van der Waals surface area (Å²) >= 11 is 0. The first-order chi connectivity index (χ1) is 8.57. The predicted octanol–water partition coefficient (Wildman–Crippen LogP) is -0.844. The van der Waals surface area contributed by atoms with Crippen LogP contribution in [0, 0.1) is 0 Å². The zero-order valence-corrected chi connectivity index (χ0v) is 11.0. The van der Waals surface area contributed by atoms with Crippen LogP contribution in [-0.2, 0) is 16.8 Å². The van der Waals surface area contributed by atoms with Gasteiger partial charge in [-0.25, -0.2) is 0 Å². The van der Waals surface area contributed by atoms with Crippen LogP contribution in [0.2, 0.25) is 0 Å². The number of nitrogens with zero attached hydrogens (tertiary/aromatic N) is 5. The molecule has 1 aromatic heterocycles. The zero-order chi connectivity index (χ0) is 12.8. The van der Waals surface area contributed by atoms with Crippen molar-refractivity contribution in [2.24, 2.45) is 4.99 Å². The third-order valence-electron chi connectivity index (χ3n) is 3.30. The van der Waals surface area contributed by atoms with Crippen molar-refractivity contribution >= 4 is 16.4 Å². The topological polar surface area (TPSA) is 70.8 Å². The van der Waals surface area contributed by atoms with E-state index in [1.807, 2.05) is 7.05 Å². The van der Waals surface area contributed by atoms with Crippen LogP contribution in [0.1, 0.15) is 11.3 Å². The standard InChI is InChI=1S/C10H15N5O2S/c1-13-2-4-14(5-3-13)18(16,17)15-8-9-6-11-7-10(9)12-15/h6,8H,2-5,7H2,1H3. The third kappa shape index (κ3) is 1.86. The minimum atomic E-state index is -3.51. The lowest BCUT2D eigenvalue weighted by Gasteiger charge is -2.31. The molecular weight excluding hydrogens is 254 g/mol. The molecule has 0 unspecified atom stereocenters. The third-order valence-corrected chi connectivity index (χ3v) is 4.98. The van der Waals surface area contributed by atoms with Crippen molar-refractivity contribution in [3.8, 4) is 0 Å². The van der Waals surface area contributed by atoms with Gasteiger partial charge in [0.25, 0.3) is 0 Å². The van der Waals surface area contributed by atoms with Crippen molar-refractivity contribution in [2.75, 3.05) is 33.2 Å². The molecule has 0 amide bonds. The van der Waals surface area contributed by atoms with Crippen LogP contribution >= 0.6 is 0 Å². The van der Waals surface area contributed by atoms with Crippen molar-refractivity contribution in [1.29, 1.82) is 0 Å². The molecule has 3 heterocycles. The molecule has 2 aliphatic rings. The van der Waals surface area contributed by atoms with Crippen LogP contribution in [0.5, 0.6) is 0 Å². The molecule has 1 aromatic rings. The van der Waals surface area contributed by atoms with Gasteiger partial charge in [-0.15, -0.1) is 0 Å². The maximum Gasteiger partial charge on any atom is 0.323 e. The van der Waals surface area contributed by atoms with Gasteiger partial charge in [-0.1, -0.05) is 0 Å². The molecular formula is C10H15N5O2S. The van der Waals surface area contributed by atoms with Gasteiger partial charge in [0, 0.05) is 38.0 Å². The van der Waals surface area contributed by atoms with Gasteiger partial charge in [-0.2, -0.15) is 21.9 Å². The quantitative estimate of drug-likeness (QED) is 0.701. The average molecular weight is 269 g/mol. The summed E-state index contributed by atoms with van der Waals surface area (Å²) in [6.45, 7) is 3.00. The van der Waals surface area contributed by atoms with Gasteiger partial charge < -0.3 is 4.90 Å². The van der Waals surface area contributed by atoms with Crippen LogP contribution in [0.4, 0.5) is 0 Å². The Kier molecular flexibility index (Phi) is 2.72. The van der Waals surface area contributed by atoms with Crippen molar-refractivity contribution in [2.45, 2.75) is 6.54 Å². The number of aliphatic imine (C=N–C) groups is 1. The lowest BCUT2D eigenvalue weighted by atomic mass is 10.3. The van der Waals surface area contributed by atoms with Crippen LogP contribution in [-0.4, -0.2) is 66.3 Å². The molecule has 0 aliphatic carbocycles. The average Bonchev–Trinajstić information content (AvgIpc) is 2.89. The number of hydrogen-bond donors (Lipinski definition) is 0. The largest absolute Gasteiger partial charge is 0.323 e. The second-order valence-electron chi connectivity index (χ2n) is 4.58. The van der Waals surface area contributed by atoms with Crippen molar-refractivity contribution in [1.82, 2.24) is 18.4 Å².